The Balaban J connectivity index is 2.20. The van der Waals surface area contributed by atoms with E-state index in [1.54, 1.807) is 21.0 Å². The van der Waals surface area contributed by atoms with Gasteiger partial charge in [-0.1, -0.05) is 5.16 Å². The predicted molar refractivity (Wildman–Crippen MR) is 66.0 cm³/mol. The lowest BCUT2D eigenvalue weighted by Gasteiger charge is -2.31. The Hall–Kier alpha value is -1.36. The van der Waals surface area contributed by atoms with Gasteiger partial charge in [0.2, 0.25) is 0 Å². The van der Waals surface area contributed by atoms with Crippen LogP contribution in [0.3, 0.4) is 0 Å². The Morgan fingerprint density at radius 1 is 1.61 bits per heavy atom. The van der Waals surface area contributed by atoms with Crippen molar-refractivity contribution in [2.75, 3.05) is 13.7 Å². The molecule has 0 saturated carbocycles. The highest BCUT2D eigenvalue weighted by Gasteiger charge is 2.39. The second-order valence-electron chi connectivity index (χ2n) is 5.24. The number of aromatic nitrogens is 1. The molecule has 100 valence electrons. The van der Waals surface area contributed by atoms with Crippen molar-refractivity contribution in [2.24, 2.45) is 0 Å². The highest BCUT2D eigenvalue weighted by Crippen LogP contribution is 2.34. The summed E-state index contributed by atoms with van der Waals surface area (Å²) in [5.41, 5.74) is 0.0489. The van der Waals surface area contributed by atoms with Crippen LogP contribution in [0, 0.1) is 6.92 Å². The number of rotatable bonds is 3. The van der Waals surface area contributed by atoms with Crippen molar-refractivity contribution in [1.82, 2.24) is 10.1 Å². The monoisotopic (exact) mass is 252 g/mol. The summed E-state index contributed by atoms with van der Waals surface area (Å²) >= 11 is 0. The molecular weight excluding hydrogens is 232 g/mol. The predicted octanol–water partition coefficient (Wildman–Crippen LogP) is 2.07. The van der Waals surface area contributed by atoms with Crippen LogP contribution in [-0.4, -0.2) is 35.2 Å². The average Bonchev–Trinajstić information content (AvgIpc) is 2.95. The molecule has 1 unspecified atom stereocenters. The number of carbonyl (C=O) groups is 1. The lowest BCUT2D eigenvalue weighted by Crippen LogP contribution is -2.46. The maximum Gasteiger partial charge on any atom is 0.254 e. The summed E-state index contributed by atoms with van der Waals surface area (Å²) in [5, 5.41) is 3.89. The molecule has 1 amide bonds. The third-order valence-electron chi connectivity index (χ3n) is 3.51. The molecule has 5 nitrogen and oxygen atoms in total. The molecule has 1 aromatic heterocycles. The molecule has 18 heavy (non-hydrogen) atoms. The first kappa shape index (κ1) is 13.1. The Kier molecular flexibility index (Phi) is 3.43. The maximum absolute atomic E-state index is 12.4. The minimum atomic E-state index is -0.794. The lowest BCUT2D eigenvalue weighted by molar-refractivity contribution is -0.152. The molecule has 2 heterocycles. The fourth-order valence-corrected chi connectivity index (χ4v) is 2.28. The van der Waals surface area contributed by atoms with Crippen LogP contribution in [0.4, 0.5) is 0 Å². The summed E-state index contributed by atoms with van der Waals surface area (Å²) in [6.45, 7) is 6.20. The smallest absolute Gasteiger partial charge is 0.254 e. The fraction of sp³-hybridized carbons (Fsp3) is 0.692. The fourth-order valence-electron chi connectivity index (χ4n) is 2.28. The highest BCUT2D eigenvalue weighted by molar-refractivity contribution is 5.85. The van der Waals surface area contributed by atoms with E-state index >= 15 is 0 Å². The van der Waals surface area contributed by atoms with Crippen LogP contribution in [0.5, 0.6) is 0 Å². The van der Waals surface area contributed by atoms with Crippen LogP contribution >= 0.6 is 0 Å². The van der Waals surface area contributed by atoms with Gasteiger partial charge in [-0.3, -0.25) is 4.79 Å². The first-order valence-corrected chi connectivity index (χ1v) is 6.25. The van der Waals surface area contributed by atoms with Crippen molar-refractivity contribution in [3.8, 4) is 0 Å². The van der Waals surface area contributed by atoms with E-state index in [4.69, 9.17) is 9.26 Å². The van der Waals surface area contributed by atoms with Gasteiger partial charge in [0.25, 0.3) is 5.91 Å². The molecule has 0 radical (unpaired) electrons. The van der Waals surface area contributed by atoms with E-state index in [2.05, 4.69) is 5.16 Å². The van der Waals surface area contributed by atoms with Crippen molar-refractivity contribution in [3.05, 3.63) is 17.5 Å². The lowest BCUT2D eigenvalue weighted by atomic mass is 10.1. The number of aryl methyl sites for hydroxylation is 1. The molecule has 1 fully saturated rings. The molecule has 2 rings (SSSR count). The Bertz CT molecular complexity index is 439. The number of amides is 1. The van der Waals surface area contributed by atoms with Gasteiger partial charge >= 0.3 is 0 Å². The van der Waals surface area contributed by atoms with Gasteiger partial charge in [0, 0.05) is 19.7 Å². The number of carbonyl (C=O) groups excluding carboxylic acids is 1. The molecule has 0 spiro atoms. The zero-order valence-electron chi connectivity index (χ0n) is 11.4. The minimum absolute atomic E-state index is 0.00144. The average molecular weight is 252 g/mol. The van der Waals surface area contributed by atoms with Crippen LogP contribution in [0.1, 0.15) is 44.2 Å². The van der Waals surface area contributed by atoms with Gasteiger partial charge in [0.15, 0.2) is 5.76 Å². The van der Waals surface area contributed by atoms with E-state index in [1.165, 1.54) is 0 Å². The Morgan fingerprint density at radius 3 is 2.89 bits per heavy atom. The number of nitrogens with zero attached hydrogens (tertiary/aromatic N) is 2. The first-order valence-electron chi connectivity index (χ1n) is 6.25. The number of methoxy groups -OCH3 is 1. The van der Waals surface area contributed by atoms with E-state index in [0.29, 0.717) is 0 Å². The standard InChI is InChI=1S/C13H20N2O3/c1-9-8-11(18-14-9)10-6-5-7-15(10)12(16)13(2,3)17-4/h8,10H,5-7H2,1-4H3. The Morgan fingerprint density at radius 2 is 2.33 bits per heavy atom. The molecule has 1 saturated heterocycles. The third-order valence-corrected chi connectivity index (χ3v) is 3.51. The number of ether oxygens (including phenoxy) is 1. The van der Waals surface area contributed by atoms with Crippen molar-refractivity contribution >= 4 is 5.91 Å². The summed E-state index contributed by atoms with van der Waals surface area (Å²) in [6, 6.07) is 1.89. The highest BCUT2D eigenvalue weighted by atomic mass is 16.5. The zero-order valence-corrected chi connectivity index (χ0v) is 11.4. The summed E-state index contributed by atoms with van der Waals surface area (Å²) in [5.74, 6) is 0.770. The topological polar surface area (TPSA) is 55.6 Å². The van der Waals surface area contributed by atoms with Crippen molar-refractivity contribution < 1.29 is 14.1 Å². The van der Waals surface area contributed by atoms with E-state index in [9.17, 15) is 4.79 Å². The second-order valence-corrected chi connectivity index (χ2v) is 5.24. The van der Waals surface area contributed by atoms with Crippen molar-refractivity contribution in [3.63, 3.8) is 0 Å². The quantitative estimate of drug-likeness (QED) is 0.826. The van der Waals surface area contributed by atoms with Gasteiger partial charge < -0.3 is 14.2 Å². The van der Waals surface area contributed by atoms with Gasteiger partial charge in [0.05, 0.1) is 11.7 Å². The molecule has 0 aliphatic carbocycles. The summed E-state index contributed by atoms with van der Waals surface area (Å²) < 4.78 is 10.6. The number of hydrogen-bond donors (Lipinski definition) is 0. The van der Waals surface area contributed by atoms with Crippen molar-refractivity contribution in [2.45, 2.75) is 45.3 Å². The number of hydrogen-bond acceptors (Lipinski definition) is 4. The third kappa shape index (κ3) is 2.27. The Labute approximate surface area is 107 Å². The van der Waals surface area contributed by atoms with Gasteiger partial charge in [-0.2, -0.15) is 0 Å². The van der Waals surface area contributed by atoms with Crippen LogP contribution in [0.15, 0.2) is 10.6 Å². The minimum Gasteiger partial charge on any atom is -0.369 e. The molecule has 1 atom stereocenters. The molecule has 1 aliphatic heterocycles. The largest absolute Gasteiger partial charge is 0.369 e. The van der Waals surface area contributed by atoms with Crippen LogP contribution < -0.4 is 0 Å². The summed E-state index contributed by atoms with van der Waals surface area (Å²) in [4.78, 5) is 14.3. The summed E-state index contributed by atoms with van der Waals surface area (Å²) in [6.07, 6.45) is 1.90. The van der Waals surface area contributed by atoms with Gasteiger partial charge in [0.1, 0.15) is 5.60 Å². The molecule has 0 aromatic carbocycles. The van der Waals surface area contributed by atoms with E-state index in [1.807, 2.05) is 17.9 Å². The molecule has 5 heteroatoms. The van der Waals surface area contributed by atoms with Crippen LogP contribution in [0.2, 0.25) is 0 Å². The van der Waals surface area contributed by atoms with E-state index < -0.39 is 5.60 Å². The second kappa shape index (κ2) is 4.72. The van der Waals surface area contributed by atoms with Gasteiger partial charge in [-0.25, -0.2) is 0 Å². The normalized spacial score (nSPS) is 20.4. The van der Waals surface area contributed by atoms with Crippen molar-refractivity contribution in [1.29, 1.82) is 0 Å². The first-order chi connectivity index (χ1) is 8.45. The molecule has 1 aromatic rings. The zero-order chi connectivity index (χ0) is 13.3. The molecule has 0 N–H and O–H groups in total. The van der Waals surface area contributed by atoms with Crippen LogP contribution in [-0.2, 0) is 9.53 Å². The molecular formula is C13H20N2O3. The number of likely N-dealkylation sites (tertiary alicyclic amines) is 1. The van der Waals surface area contributed by atoms with Gasteiger partial charge in [-0.15, -0.1) is 0 Å². The summed E-state index contributed by atoms with van der Waals surface area (Å²) in [7, 11) is 1.56. The molecule has 1 aliphatic rings. The maximum atomic E-state index is 12.4. The van der Waals surface area contributed by atoms with Crippen LogP contribution in [0.25, 0.3) is 0 Å². The van der Waals surface area contributed by atoms with E-state index in [0.717, 1.165) is 30.8 Å². The van der Waals surface area contributed by atoms with E-state index in [-0.39, 0.29) is 11.9 Å². The molecule has 0 bridgehead atoms. The van der Waals surface area contributed by atoms with Gasteiger partial charge in [-0.05, 0) is 33.6 Å². The SMILES string of the molecule is COC(C)(C)C(=O)N1CCCC1c1cc(C)no1.